The van der Waals surface area contributed by atoms with Gasteiger partial charge in [0.25, 0.3) is 5.91 Å². The molecule has 26 heavy (non-hydrogen) atoms. The number of carbonyl (C=O) groups is 3. The summed E-state index contributed by atoms with van der Waals surface area (Å²) in [7, 11) is 1.55. The first-order valence-electron chi connectivity index (χ1n) is 7.98. The molecule has 2 rings (SSSR count). The number of carboxylic acids is 1. The lowest BCUT2D eigenvalue weighted by Crippen LogP contribution is -2.49. The summed E-state index contributed by atoms with van der Waals surface area (Å²) >= 11 is 0. The van der Waals surface area contributed by atoms with E-state index in [2.05, 4.69) is 10.6 Å². The second-order valence-electron chi connectivity index (χ2n) is 5.56. The van der Waals surface area contributed by atoms with Crippen molar-refractivity contribution in [3.8, 4) is 5.75 Å². The average Bonchev–Trinajstić information content (AvgIpc) is 2.66. The van der Waals surface area contributed by atoms with Gasteiger partial charge in [0.05, 0.1) is 7.11 Å². The molecular weight excluding hydrogens is 336 g/mol. The average molecular weight is 356 g/mol. The largest absolute Gasteiger partial charge is 0.497 e. The summed E-state index contributed by atoms with van der Waals surface area (Å²) in [5.41, 5.74) is 1.22. The number of nitrogens with one attached hydrogen (secondary N) is 2. The summed E-state index contributed by atoms with van der Waals surface area (Å²) in [6.45, 7) is -0.515. The summed E-state index contributed by atoms with van der Waals surface area (Å²) in [6, 6.07) is 14.7. The maximum Gasteiger partial charge on any atom is 0.322 e. The highest BCUT2D eigenvalue weighted by Crippen LogP contribution is 2.13. The molecule has 0 fully saturated rings. The van der Waals surface area contributed by atoms with Crippen LogP contribution in [0.25, 0.3) is 0 Å². The molecule has 0 bridgehead atoms. The van der Waals surface area contributed by atoms with E-state index in [-0.39, 0.29) is 6.42 Å². The van der Waals surface area contributed by atoms with Crippen molar-refractivity contribution in [3.05, 3.63) is 65.7 Å². The van der Waals surface area contributed by atoms with E-state index in [1.54, 1.807) is 61.7 Å². The van der Waals surface area contributed by atoms with Gasteiger partial charge in [-0.3, -0.25) is 14.4 Å². The molecule has 2 amide bonds. The van der Waals surface area contributed by atoms with E-state index >= 15 is 0 Å². The number of carbonyl (C=O) groups excluding carboxylic acids is 2. The predicted molar refractivity (Wildman–Crippen MR) is 95.0 cm³/mol. The monoisotopic (exact) mass is 356 g/mol. The summed E-state index contributed by atoms with van der Waals surface area (Å²) in [5.74, 6) is -1.45. The first-order chi connectivity index (χ1) is 12.5. The van der Waals surface area contributed by atoms with Crippen LogP contribution in [-0.4, -0.2) is 42.6 Å². The Kier molecular flexibility index (Phi) is 6.73. The summed E-state index contributed by atoms with van der Waals surface area (Å²) in [6.07, 6.45) is 0.216. The van der Waals surface area contributed by atoms with Crippen LogP contribution in [0.3, 0.4) is 0 Å². The van der Waals surface area contributed by atoms with Gasteiger partial charge in [0.2, 0.25) is 5.91 Å². The van der Waals surface area contributed by atoms with E-state index in [9.17, 15) is 14.4 Å². The molecule has 0 heterocycles. The molecule has 7 heteroatoms. The number of hydrogen-bond acceptors (Lipinski definition) is 4. The fourth-order valence-electron chi connectivity index (χ4n) is 2.32. The maximum absolute atomic E-state index is 12.4. The molecule has 2 aromatic carbocycles. The molecule has 1 unspecified atom stereocenters. The normalized spacial score (nSPS) is 11.3. The molecular formula is C19H20N2O5. The molecule has 0 spiro atoms. The van der Waals surface area contributed by atoms with Gasteiger partial charge in [-0.1, -0.05) is 30.3 Å². The Morgan fingerprint density at radius 3 is 2.27 bits per heavy atom. The Morgan fingerprint density at radius 2 is 1.69 bits per heavy atom. The molecule has 1 atom stereocenters. The van der Waals surface area contributed by atoms with Gasteiger partial charge in [-0.05, 0) is 29.8 Å². The summed E-state index contributed by atoms with van der Waals surface area (Å²) < 4.78 is 5.09. The Balaban J connectivity index is 2.13. The first-order valence-corrected chi connectivity index (χ1v) is 7.98. The predicted octanol–water partition coefficient (Wildman–Crippen LogP) is 1.24. The topological polar surface area (TPSA) is 105 Å². The lowest BCUT2D eigenvalue weighted by atomic mass is 10.0. The third kappa shape index (κ3) is 5.62. The van der Waals surface area contributed by atoms with Crippen molar-refractivity contribution in [2.45, 2.75) is 12.5 Å². The number of hydrogen-bond donors (Lipinski definition) is 3. The van der Waals surface area contributed by atoms with E-state index in [0.717, 1.165) is 5.56 Å². The third-order valence-electron chi connectivity index (χ3n) is 3.67. The number of benzene rings is 2. The number of methoxy groups -OCH3 is 1. The SMILES string of the molecule is COc1ccc(CC(NC(=O)c2ccccc2)C(=O)NCC(=O)O)cc1. The highest BCUT2D eigenvalue weighted by molar-refractivity contribution is 5.97. The van der Waals surface area contributed by atoms with Gasteiger partial charge in [-0.2, -0.15) is 0 Å². The number of aliphatic carboxylic acids is 1. The first kappa shape index (κ1) is 19.0. The van der Waals surface area contributed by atoms with Crippen molar-refractivity contribution in [1.29, 1.82) is 0 Å². The second kappa shape index (κ2) is 9.22. The Hall–Kier alpha value is -3.35. The van der Waals surface area contributed by atoms with Crippen LogP contribution in [0.15, 0.2) is 54.6 Å². The molecule has 0 saturated heterocycles. The van der Waals surface area contributed by atoms with Gasteiger partial charge in [-0.15, -0.1) is 0 Å². The fraction of sp³-hybridized carbons (Fsp3) is 0.211. The molecule has 7 nitrogen and oxygen atoms in total. The van der Waals surface area contributed by atoms with Gasteiger partial charge in [0, 0.05) is 12.0 Å². The van der Waals surface area contributed by atoms with Crippen LogP contribution >= 0.6 is 0 Å². The molecule has 0 aromatic heterocycles. The second-order valence-corrected chi connectivity index (χ2v) is 5.56. The van der Waals surface area contributed by atoms with Crippen molar-refractivity contribution in [2.24, 2.45) is 0 Å². The van der Waals surface area contributed by atoms with Crippen molar-refractivity contribution < 1.29 is 24.2 Å². The number of amides is 2. The zero-order valence-electron chi connectivity index (χ0n) is 14.3. The Morgan fingerprint density at radius 1 is 1.04 bits per heavy atom. The standard InChI is InChI=1S/C19H20N2O5/c1-26-15-9-7-13(8-10-15)11-16(19(25)20-12-17(22)23)21-18(24)14-5-3-2-4-6-14/h2-10,16H,11-12H2,1H3,(H,20,25)(H,21,24)(H,22,23). The molecule has 0 aliphatic rings. The summed E-state index contributed by atoms with van der Waals surface area (Å²) in [4.78, 5) is 35.4. The minimum absolute atomic E-state index is 0.216. The molecule has 0 aliphatic carbocycles. The van der Waals surface area contributed by atoms with E-state index in [4.69, 9.17) is 9.84 Å². The minimum atomic E-state index is -1.16. The van der Waals surface area contributed by atoms with E-state index in [1.807, 2.05) is 0 Å². The van der Waals surface area contributed by atoms with E-state index in [0.29, 0.717) is 11.3 Å². The van der Waals surface area contributed by atoms with E-state index < -0.39 is 30.4 Å². The quantitative estimate of drug-likeness (QED) is 0.660. The van der Waals surface area contributed by atoms with Crippen molar-refractivity contribution in [3.63, 3.8) is 0 Å². The minimum Gasteiger partial charge on any atom is -0.497 e. The molecule has 3 N–H and O–H groups in total. The molecule has 136 valence electrons. The van der Waals surface area contributed by atoms with Crippen LogP contribution in [0.1, 0.15) is 15.9 Å². The Bertz CT molecular complexity index is 759. The van der Waals surface area contributed by atoms with Crippen LogP contribution < -0.4 is 15.4 Å². The van der Waals surface area contributed by atoms with Crippen LogP contribution in [0.5, 0.6) is 5.75 Å². The van der Waals surface area contributed by atoms with Crippen LogP contribution in [0.2, 0.25) is 0 Å². The zero-order chi connectivity index (χ0) is 18.9. The van der Waals surface area contributed by atoms with Gasteiger partial charge in [-0.25, -0.2) is 0 Å². The Labute approximate surface area is 151 Å². The smallest absolute Gasteiger partial charge is 0.322 e. The van der Waals surface area contributed by atoms with Crippen molar-refractivity contribution >= 4 is 17.8 Å². The third-order valence-corrected chi connectivity index (χ3v) is 3.67. The van der Waals surface area contributed by atoms with Gasteiger partial charge in [0.15, 0.2) is 0 Å². The van der Waals surface area contributed by atoms with Crippen LogP contribution in [0, 0.1) is 0 Å². The highest BCUT2D eigenvalue weighted by Gasteiger charge is 2.22. The van der Waals surface area contributed by atoms with Crippen LogP contribution in [0.4, 0.5) is 0 Å². The van der Waals surface area contributed by atoms with Gasteiger partial charge in [0.1, 0.15) is 18.3 Å². The van der Waals surface area contributed by atoms with Gasteiger partial charge >= 0.3 is 5.97 Å². The molecule has 0 radical (unpaired) electrons. The molecule has 2 aromatic rings. The molecule has 0 aliphatic heterocycles. The number of rotatable bonds is 8. The van der Waals surface area contributed by atoms with Crippen molar-refractivity contribution in [2.75, 3.05) is 13.7 Å². The van der Waals surface area contributed by atoms with Crippen molar-refractivity contribution in [1.82, 2.24) is 10.6 Å². The van der Waals surface area contributed by atoms with Gasteiger partial charge < -0.3 is 20.5 Å². The number of ether oxygens (including phenoxy) is 1. The lowest BCUT2D eigenvalue weighted by molar-refractivity contribution is -0.138. The fourth-order valence-corrected chi connectivity index (χ4v) is 2.32. The summed E-state index contributed by atoms with van der Waals surface area (Å²) in [5, 5.41) is 13.7. The van der Waals surface area contributed by atoms with E-state index in [1.165, 1.54) is 0 Å². The lowest BCUT2D eigenvalue weighted by Gasteiger charge is -2.18. The van der Waals surface area contributed by atoms with Crippen LogP contribution in [-0.2, 0) is 16.0 Å². The maximum atomic E-state index is 12.4. The highest BCUT2D eigenvalue weighted by atomic mass is 16.5. The zero-order valence-corrected chi connectivity index (χ0v) is 14.3. The number of carboxylic acid groups (broad SMARTS) is 1. The molecule has 0 saturated carbocycles.